The maximum absolute atomic E-state index is 13.6. The Balaban J connectivity index is 1.76. The quantitative estimate of drug-likeness (QED) is 0.764. The Kier molecular flexibility index (Phi) is 3.53. The molecule has 3 aromatic heterocycles. The third-order valence-corrected chi connectivity index (χ3v) is 4.26. The number of halogens is 1. The first-order chi connectivity index (χ1) is 11.6. The number of hydrogen-bond donors (Lipinski definition) is 1. The van der Waals surface area contributed by atoms with Gasteiger partial charge in [0.1, 0.15) is 28.8 Å². The number of anilines is 2. The second kappa shape index (κ2) is 5.72. The van der Waals surface area contributed by atoms with Crippen LogP contribution in [0.25, 0.3) is 17.2 Å². The maximum Gasteiger partial charge on any atom is 0.182 e. The van der Waals surface area contributed by atoms with Gasteiger partial charge >= 0.3 is 0 Å². The average Bonchev–Trinajstić information content (AvgIpc) is 2.98. The highest BCUT2D eigenvalue weighted by Crippen LogP contribution is 2.23. The molecule has 0 unspecified atom stereocenters. The molecule has 2 N–H and O–H groups in total. The Bertz CT molecular complexity index is 883. The Morgan fingerprint density at radius 3 is 2.71 bits per heavy atom. The number of imidazole rings is 1. The van der Waals surface area contributed by atoms with Gasteiger partial charge in [-0.1, -0.05) is 0 Å². The molecule has 0 saturated carbocycles. The van der Waals surface area contributed by atoms with Gasteiger partial charge in [0.05, 0.1) is 6.20 Å². The molecule has 4 heterocycles. The molecule has 1 aliphatic rings. The standard InChI is InChI=1S/C16H18FN7/c1-22-4-6-23(7-5-22)15-8-13(18)20-16(21-15)12-9-19-14-3-2-11(17)10-24(12)14/h2-3,8-10H,4-7H2,1H3,(H2,18,20,21). The molecular weight excluding hydrogens is 309 g/mol. The number of piperazine rings is 1. The zero-order chi connectivity index (χ0) is 16.7. The van der Waals surface area contributed by atoms with Gasteiger partial charge in [-0.25, -0.2) is 19.3 Å². The van der Waals surface area contributed by atoms with E-state index in [1.54, 1.807) is 22.7 Å². The van der Waals surface area contributed by atoms with E-state index in [1.165, 1.54) is 12.3 Å². The molecule has 4 rings (SSSR count). The number of likely N-dealkylation sites (N-methyl/N-ethyl adjacent to an activating group) is 1. The molecule has 0 atom stereocenters. The zero-order valence-electron chi connectivity index (χ0n) is 13.4. The SMILES string of the molecule is CN1CCN(c2cc(N)nc(-c3cnc4ccc(F)cn34)n2)CC1. The van der Waals surface area contributed by atoms with Crippen LogP contribution in [0, 0.1) is 5.82 Å². The number of aromatic nitrogens is 4. The fourth-order valence-electron chi connectivity index (χ4n) is 2.88. The van der Waals surface area contributed by atoms with Gasteiger partial charge in [-0.3, -0.25) is 4.40 Å². The van der Waals surface area contributed by atoms with E-state index in [0.717, 1.165) is 32.0 Å². The summed E-state index contributed by atoms with van der Waals surface area (Å²) in [5.74, 6) is 1.28. The van der Waals surface area contributed by atoms with Crippen molar-refractivity contribution < 1.29 is 4.39 Å². The van der Waals surface area contributed by atoms with Gasteiger partial charge in [0, 0.05) is 38.4 Å². The molecule has 7 nitrogen and oxygen atoms in total. The van der Waals surface area contributed by atoms with Gasteiger partial charge in [-0.2, -0.15) is 0 Å². The number of fused-ring (bicyclic) bond motifs is 1. The van der Waals surface area contributed by atoms with Crippen LogP contribution in [0.15, 0.2) is 30.6 Å². The minimum Gasteiger partial charge on any atom is -0.384 e. The number of nitrogen functional groups attached to an aromatic ring is 1. The molecule has 0 bridgehead atoms. The lowest BCUT2D eigenvalue weighted by Crippen LogP contribution is -2.44. The Labute approximate surface area is 138 Å². The summed E-state index contributed by atoms with van der Waals surface area (Å²) in [5, 5.41) is 0. The summed E-state index contributed by atoms with van der Waals surface area (Å²) in [6.07, 6.45) is 3.01. The van der Waals surface area contributed by atoms with Crippen LogP contribution in [0.3, 0.4) is 0 Å². The van der Waals surface area contributed by atoms with Crippen molar-refractivity contribution in [3.8, 4) is 11.5 Å². The van der Waals surface area contributed by atoms with Crippen LogP contribution >= 0.6 is 0 Å². The van der Waals surface area contributed by atoms with E-state index >= 15 is 0 Å². The summed E-state index contributed by atoms with van der Waals surface area (Å²) < 4.78 is 15.2. The normalized spacial score (nSPS) is 16.0. The van der Waals surface area contributed by atoms with Crippen molar-refractivity contribution in [2.75, 3.05) is 43.9 Å². The zero-order valence-corrected chi connectivity index (χ0v) is 13.4. The van der Waals surface area contributed by atoms with Crippen molar-refractivity contribution >= 4 is 17.3 Å². The minimum absolute atomic E-state index is 0.343. The maximum atomic E-state index is 13.6. The summed E-state index contributed by atoms with van der Waals surface area (Å²) in [6.45, 7) is 3.71. The molecule has 0 amide bonds. The first-order valence-electron chi connectivity index (χ1n) is 7.81. The first-order valence-corrected chi connectivity index (χ1v) is 7.81. The number of nitrogens with two attached hydrogens (primary N) is 1. The van der Waals surface area contributed by atoms with Crippen LogP contribution in [0.5, 0.6) is 0 Å². The van der Waals surface area contributed by atoms with E-state index in [2.05, 4.69) is 31.8 Å². The lowest BCUT2D eigenvalue weighted by atomic mass is 10.3. The largest absolute Gasteiger partial charge is 0.384 e. The van der Waals surface area contributed by atoms with Crippen molar-refractivity contribution in [3.05, 3.63) is 36.4 Å². The Morgan fingerprint density at radius 1 is 1.12 bits per heavy atom. The van der Waals surface area contributed by atoms with Gasteiger partial charge in [-0.15, -0.1) is 0 Å². The molecule has 0 aliphatic carbocycles. The topological polar surface area (TPSA) is 75.6 Å². The van der Waals surface area contributed by atoms with Crippen molar-refractivity contribution in [3.63, 3.8) is 0 Å². The molecule has 1 aliphatic heterocycles. The predicted molar refractivity (Wildman–Crippen MR) is 90.3 cm³/mol. The summed E-state index contributed by atoms with van der Waals surface area (Å²) in [6, 6.07) is 4.77. The summed E-state index contributed by atoms with van der Waals surface area (Å²) >= 11 is 0. The van der Waals surface area contributed by atoms with E-state index in [9.17, 15) is 4.39 Å². The van der Waals surface area contributed by atoms with Crippen LogP contribution in [0.1, 0.15) is 0 Å². The Morgan fingerprint density at radius 2 is 1.92 bits per heavy atom. The average molecular weight is 327 g/mol. The minimum atomic E-state index is -0.343. The van der Waals surface area contributed by atoms with Crippen molar-refractivity contribution in [2.24, 2.45) is 0 Å². The summed E-state index contributed by atoms with van der Waals surface area (Å²) in [5.41, 5.74) is 7.24. The van der Waals surface area contributed by atoms with Gasteiger partial charge < -0.3 is 15.5 Å². The van der Waals surface area contributed by atoms with Gasteiger partial charge in [0.2, 0.25) is 0 Å². The molecule has 1 saturated heterocycles. The summed E-state index contributed by atoms with van der Waals surface area (Å²) in [7, 11) is 2.10. The highest BCUT2D eigenvalue weighted by Gasteiger charge is 2.18. The highest BCUT2D eigenvalue weighted by atomic mass is 19.1. The van der Waals surface area contributed by atoms with Crippen LogP contribution in [-0.2, 0) is 0 Å². The van der Waals surface area contributed by atoms with Crippen molar-refractivity contribution in [1.82, 2.24) is 24.3 Å². The highest BCUT2D eigenvalue weighted by molar-refractivity contribution is 5.61. The molecule has 1 fully saturated rings. The van der Waals surface area contributed by atoms with Gasteiger partial charge in [-0.05, 0) is 19.2 Å². The van der Waals surface area contributed by atoms with Crippen molar-refractivity contribution in [2.45, 2.75) is 0 Å². The molecule has 0 spiro atoms. The second-order valence-electron chi connectivity index (χ2n) is 5.98. The second-order valence-corrected chi connectivity index (χ2v) is 5.98. The Hall–Kier alpha value is -2.74. The first kappa shape index (κ1) is 14.8. The van der Waals surface area contributed by atoms with E-state index in [4.69, 9.17) is 5.73 Å². The van der Waals surface area contributed by atoms with E-state index < -0.39 is 0 Å². The number of nitrogens with zero attached hydrogens (tertiary/aromatic N) is 6. The fraction of sp³-hybridized carbons (Fsp3) is 0.312. The van der Waals surface area contributed by atoms with Gasteiger partial charge in [0.25, 0.3) is 0 Å². The molecule has 24 heavy (non-hydrogen) atoms. The van der Waals surface area contributed by atoms with E-state index in [1.807, 2.05) is 0 Å². The van der Waals surface area contributed by atoms with E-state index in [0.29, 0.717) is 23.0 Å². The molecule has 8 heteroatoms. The molecule has 0 radical (unpaired) electrons. The van der Waals surface area contributed by atoms with Crippen LogP contribution in [-0.4, -0.2) is 57.5 Å². The van der Waals surface area contributed by atoms with Crippen LogP contribution in [0.4, 0.5) is 16.0 Å². The number of rotatable bonds is 2. The number of pyridine rings is 1. The van der Waals surface area contributed by atoms with Gasteiger partial charge in [0.15, 0.2) is 5.82 Å². The number of hydrogen-bond acceptors (Lipinski definition) is 6. The summed E-state index contributed by atoms with van der Waals surface area (Å²) in [4.78, 5) is 17.7. The van der Waals surface area contributed by atoms with Crippen LogP contribution < -0.4 is 10.6 Å². The predicted octanol–water partition coefficient (Wildman–Crippen LogP) is 1.26. The van der Waals surface area contributed by atoms with Crippen molar-refractivity contribution in [1.29, 1.82) is 0 Å². The lowest BCUT2D eigenvalue weighted by molar-refractivity contribution is 0.312. The lowest BCUT2D eigenvalue weighted by Gasteiger charge is -2.33. The molecule has 124 valence electrons. The molecule has 3 aromatic rings. The van der Waals surface area contributed by atoms with E-state index in [-0.39, 0.29) is 5.82 Å². The van der Waals surface area contributed by atoms with Crippen LogP contribution in [0.2, 0.25) is 0 Å². The molecule has 0 aromatic carbocycles. The monoisotopic (exact) mass is 327 g/mol. The fourth-order valence-corrected chi connectivity index (χ4v) is 2.88. The molecular formula is C16H18FN7. The smallest absolute Gasteiger partial charge is 0.182 e. The third-order valence-electron chi connectivity index (χ3n) is 4.26. The third kappa shape index (κ3) is 2.65.